The van der Waals surface area contributed by atoms with Gasteiger partial charge in [-0.3, -0.25) is 14.9 Å². The zero-order valence-electron chi connectivity index (χ0n) is 11.4. The lowest BCUT2D eigenvalue weighted by Crippen LogP contribution is -2.11. The number of ether oxygens (including phenoxy) is 1. The summed E-state index contributed by atoms with van der Waals surface area (Å²) in [5.74, 6) is -0.706. The van der Waals surface area contributed by atoms with Gasteiger partial charge in [-0.15, -0.1) is 11.8 Å². The van der Waals surface area contributed by atoms with Crippen LogP contribution in [0, 0.1) is 16.0 Å². The molecule has 0 amide bonds. The highest BCUT2D eigenvalue weighted by Crippen LogP contribution is 2.32. The molecule has 110 valence electrons. The second kappa shape index (κ2) is 7.74. The Morgan fingerprint density at radius 2 is 2.25 bits per heavy atom. The van der Waals surface area contributed by atoms with Gasteiger partial charge in [-0.05, 0) is 12.5 Å². The molecule has 0 saturated carbocycles. The maximum atomic E-state index is 10.9. The number of thioether (sulfide) groups is 1. The standard InChI is InChI=1S/C13H17NO5S/c1-3-6-19-12-7-10(4-5-11(12)14(17)18)20-8-9(2)13(15)16/h4-5,7,9H,3,6,8H2,1-2H3,(H,15,16). The number of carbonyl (C=O) groups is 1. The second-order valence-electron chi connectivity index (χ2n) is 4.29. The summed E-state index contributed by atoms with van der Waals surface area (Å²) in [6.07, 6.45) is 0.755. The van der Waals surface area contributed by atoms with Crippen molar-refractivity contribution in [2.24, 2.45) is 5.92 Å². The zero-order valence-corrected chi connectivity index (χ0v) is 12.2. The fraction of sp³-hybridized carbons (Fsp3) is 0.462. The topological polar surface area (TPSA) is 89.7 Å². The molecule has 1 rings (SSSR count). The monoisotopic (exact) mass is 299 g/mol. The summed E-state index contributed by atoms with van der Waals surface area (Å²) in [7, 11) is 0. The van der Waals surface area contributed by atoms with Crippen molar-refractivity contribution in [3.8, 4) is 5.75 Å². The number of hydrogen-bond acceptors (Lipinski definition) is 5. The fourth-order valence-corrected chi connectivity index (χ4v) is 2.29. The Kier molecular flexibility index (Phi) is 6.30. The van der Waals surface area contributed by atoms with Gasteiger partial charge in [0.2, 0.25) is 0 Å². The van der Waals surface area contributed by atoms with Crippen molar-refractivity contribution in [2.45, 2.75) is 25.2 Å². The molecule has 0 heterocycles. The van der Waals surface area contributed by atoms with Crippen LogP contribution in [0.1, 0.15) is 20.3 Å². The maximum Gasteiger partial charge on any atom is 0.310 e. The van der Waals surface area contributed by atoms with Crippen molar-refractivity contribution >= 4 is 23.4 Å². The Hall–Kier alpha value is -1.76. The summed E-state index contributed by atoms with van der Waals surface area (Å²) in [5, 5.41) is 19.7. The second-order valence-corrected chi connectivity index (χ2v) is 5.38. The molecule has 0 aromatic heterocycles. The number of nitrogens with zero attached hydrogens (tertiary/aromatic N) is 1. The van der Waals surface area contributed by atoms with Crippen molar-refractivity contribution in [3.63, 3.8) is 0 Å². The third-order valence-electron chi connectivity index (χ3n) is 2.51. The van der Waals surface area contributed by atoms with Gasteiger partial charge in [-0.2, -0.15) is 0 Å². The quantitative estimate of drug-likeness (QED) is 0.450. The van der Waals surface area contributed by atoms with Gasteiger partial charge in [0.1, 0.15) is 0 Å². The molecule has 6 nitrogen and oxygen atoms in total. The van der Waals surface area contributed by atoms with Crippen LogP contribution >= 0.6 is 11.8 Å². The van der Waals surface area contributed by atoms with Crippen LogP contribution in [0.25, 0.3) is 0 Å². The molecule has 1 N–H and O–H groups in total. The molecular weight excluding hydrogens is 282 g/mol. The van der Waals surface area contributed by atoms with Gasteiger partial charge < -0.3 is 9.84 Å². The smallest absolute Gasteiger partial charge is 0.310 e. The molecule has 0 aliphatic heterocycles. The number of carboxylic acid groups (broad SMARTS) is 1. The normalized spacial score (nSPS) is 11.9. The number of benzene rings is 1. The predicted octanol–water partition coefficient (Wildman–Crippen LogP) is 3.20. The van der Waals surface area contributed by atoms with E-state index >= 15 is 0 Å². The number of nitro benzene ring substituents is 1. The highest BCUT2D eigenvalue weighted by atomic mass is 32.2. The zero-order chi connectivity index (χ0) is 15.1. The van der Waals surface area contributed by atoms with Crippen LogP contribution in [0.5, 0.6) is 5.75 Å². The van der Waals surface area contributed by atoms with Gasteiger partial charge in [0.25, 0.3) is 0 Å². The lowest BCUT2D eigenvalue weighted by atomic mass is 10.2. The SMILES string of the molecule is CCCOc1cc(SCC(C)C(=O)O)ccc1[N+](=O)[O-]. The van der Waals surface area contributed by atoms with Gasteiger partial charge in [0.05, 0.1) is 17.4 Å². The molecular formula is C13H17NO5S. The summed E-state index contributed by atoms with van der Waals surface area (Å²) in [6, 6.07) is 4.59. The first kappa shape index (κ1) is 16.3. The molecule has 1 aromatic rings. The van der Waals surface area contributed by atoms with Crippen LogP contribution in [-0.4, -0.2) is 28.4 Å². The predicted molar refractivity (Wildman–Crippen MR) is 76.4 cm³/mol. The van der Waals surface area contributed by atoms with E-state index in [1.165, 1.54) is 17.8 Å². The minimum atomic E-state index is -0.859. The molecule has 0 bridgehead atoms. The van der Waals surface area contributed by atoms with Crippen LogP contribution in [0.15, 0.2) is 23.1 Å². The van der Waals surface area contributed by atoms with E-state index in [4.69, 9.17) is 9.84 Å². The van der Waals surface area contributed by atoms with Crippen molar-refractivity contribution in [1.29, 1.82) is 0 Å². The molecule has 7 heteroatoms. The van der Waals surface area contributed by atoms with E-state index in [1.807, 2.05) is 6.92 Å². The minimum Gasteiger partial charge on any atom is -0.487 e. The summed E-state index contributed by atoms with van der Waals surface area (Å²) >= 11 is 1.34. The number of nitro groups is 1. The van der Waals surface area contributed by atoms with Gasteiger partial charge in [-0.25, -0.2) is 0 Å². The van der Waals surface area contributed by atoms with Gasteiger partial charge in [-0.1, -0.05) is 13.8 Å². The Labute approximate surface area is 121 Å². The molecule has 1 unspecified atom stereocenters. The van der Waals surface area contributed by atoms with E-state index in [9.17, 15) is 14.9 Å². The molecule has 0 aliphatic rings. The first-order chi connectivity index (χ1) is 9.45. The maximum absolute atomic E-state index is 10.9. The van der Waals surface area contributed by atoms with E-state index in [2.05, 4.69) is 0 Å². The minimum absolute atomic E-state index is 0.0749. The van der Waals surface area contributed by atoms with Crippen LogP contribution in [0.2, 0.25) is 0 Å². The van der Waals surface area contributed by atoms with Crippen LogP contribution in [0.4, 0.5) is 5.69 Å². The van der Waals surface area contributed by atoms with E-state index in [0.29, 0.717) is 12.4 Å². The van der Waals surface area contributed by atoms with Crippen molar-refractivity contribution in [1.82, 2.24) is 0 Å². The Bertz CT molecular complexity index is 492. The summed E-state index contributed by atoms with van der Waals surface area (Å²) < 4.78 is 5.37. The molecule has 0 aliphatic carbocycles. The highest BCUT2D eigenvalue weighted by Gasteiger charge is 2.17. The van der Waals surface area contributed by atoms with Crippen LogP contribution < -0.4 is 4.74 Å². The summed E-state index contributed by atoms with van der Waals surface area (Å²) in [6.45, 7) is 3.94. The largest absolute Gasteiger partial charge is 0.487 e. The molecule has 0 spiro atoms. The average Bonchev–Trinajstić information content (AvgIpc) is 2.42. The van der Waals surface area contributed by atoms with Crippen molar-refractivity contribution < 1.29 is 19.6 Å². The Morgan fingerprint density at radius 1 is 1.55 bits per heavy atom. The molecule has 1 atom stereocenters. The van der Waals surface area contributed by atoms with Gasteiger partial charge in [0.15, 0.2) is 5.75 Å². The molecule has 20 heavy (non-hydrogen) atoms. The number of carboxylic acids is 1. The molecule has 0 saturated heterocycles. The summed E-state index contributed by atoms with van der Waals surface area (Å²) in [4.78, 5) is 21.9. The van der Waals surface area contributed by atoms with E-state index in [1.54, 1.807) is 19.1 Å². The van der Waals surface area contributed by atoms with Crippen LogP contribution in [0.3, 0.4) is 0 Å². The molecule has 0 fully saturated rings. The van der Waals surface area contributed by atoms with E-state index in [0.717, 1.165) is 11.3 Å². The Balaban J connectivity index is 2.83. The summed E-state index contributed by atoms with van der Waals surface area (Å²) in [5.41, 5.74) is -0.0749. The third kappa shape index (κ3) is 4.73. The van der Waals surface area contributed by atoms with Gasteiger partial charge >= 0.3 is 11.7 Å². The molecule has 1 aromatic carbocycles. The van der Waals surface area contributed by atoms with Crippen LogP contribution in [-0.2, 0) is 4.79 Å². The number of aliphatic carboxylic acids is 1. The average molecular weight is 299 g/mol. The van der Waals surface area contributed by atoms with Gasteiger partial charge in [0, 0.05) is 22.8 Å². The van der Waals surface area contributed by atoms with Crippen molar-refractivity contribution in [3.05, 3.63) is 28.3 Å². The van der Waals surface area contributed by atoms with Crippen molar-refractivity contribution in [2.75, 3.05) is 12.4 Å². The molecule has 0 radical (unpaired) electrons. The number of rotatable bonds is 8. The Morgan fingerprint density at radius 3 is 2.80 bits per heavy atom. The first-order valence-electron chi connectivity index (χ1n) is 6.22. The highest BCUT2D eigenvalue weighted by molar-refractivity contribution is 7.99. The lowest BCUT2D eigenvalue weighted by molar-refractivity contribution is -0.385. The van der Waals surface area contributed by atoms with E-state index < -0.39 is 16.8 Å². The first-order valence-corrected chi connectivity index (χ1v) is 7.21. The number of hydrogen-bond donors (Lipinski definition) is 1. The van der Waals surface area contributed by atoms with E-state index in [-0.39, 0.29) is 11.4 Å². The third-order valence-corrected chi connectivity index (χ3v) is 3.77. The lowest BCUT2D eigenvalue weighted by Gasteiger charge is -2.09. The fourth-order valence-electron chi connectivity index (χ4n) is 1.36.